The highest BCUT2D eigenvalue weighted by Crippen LogP contribution is 2.40. The van der Waals surface area contributed by atoms with Crippen LogP contribution < -0.4 is 0 Å². The Morgan fingerprint density at radius 1 is 1.17 bits per heavy atom. The van der Waals surface area contributed by atoms with Crippen molar-refractivity contribution in [1.82, 2.24) is 14.8 Å². The summed E-state index contributed by atoms with van der Waals surface area (Å²) < 4.78 is 7.73. The SMILES string of the molecule is Cc1ccccc1CSc1nnc(C2CC2)n1Cc1ccco1. The van der Waals surface area contributed by atoms with Crippen LogP contribution in [-0.4, -0.2) is 14.8 Å². The van der Waals surface area contributed by atoms with Gasteiger partial charge in [-0.05, 0) is 43.0 Å². The third-order valence-electron chi connectivity index (χ3n) is 4.20. The monoisotopic (exact) mass is 325 g/mol. The zero-order valence-corrected chi connectivity index (χ0v) is 13.9. The smallest absolute Gasteiger partial charge is 0.191 e. The van der Waals surface area contributed by atoms with Crippen molar-refractivity contribution in [1.29, 1.82) is 0 Å². The van der Waals surface area contributed by atoms with Crippen LogP contribution >= 0.6 is 11.8 Å². The molecular weight excluding hydrogens is 306 g/mol. The van der Waals surface area contributed by atoms with E-state index in [9.17, 15) is 0 Å². The van der Waals surface area contributed by atoms with Crippen LogP contribution in [0.5, 0.6) is 0 Å². The Morgan fingerprint density at radius 3 is 2.78 bits per heavy atom. The number of furan rings is 1. The molecule has 3 aromatic rings. The van der Waals surface area contributed by atoms with E-state index in [-0.39, 0.29) is 0 Å². The third-order valence-corrected chi connectivity index (χ3v) is 5.22. The standard InChI is InChI=1S/C18H19N3OS/c1-13-5-2-3-6-15(13)12-23-18-20-19-17(14-8-9-14)21(18)11-16-7-4-10-22-16/h2-7,10,14H,8-9,11-12H2,1H3. The van der Waals surface area contributed by atoms with Crippen LogP contribution in [-0.2, 0) is 12.3 Å². The fraction of sp³-hybridized carbons (Fsp3) is 0.333. The molecule has 0 bridgehead atoms. The number of thioether (sulfide) groups is 1. The number of aromatic nitrogens is 3. The maximum atomic E-state index is 5.51. The molecule has 0 aliphatic heterocycles. The topological polar surface area (TPSA) is 43.9 Å². The summed E-state index contributed by atoms with van der Waals surface area (Å²) in [5.41, 5.74) is 2.66. The number of hydrogen-bond acceptors (Lipinski definition) is 4. The highest BCUT2D eigenvalue weighted by molar-refractivity contribution is 7.98. The summed E-state index contributed by atoms with van der Waals surface area (Å²) >= 11 is 1.75. The van der Waals surface area contributed by atoms with Crippen LogP contribution in [0.2, 0.25) is 0 Å². The van der Waals surface area contributed by atoms with Crippen molar-refractivity contribution in [2.45, 2.75) is 43.1 Å². The average Bonchev–Trinajstić information content (AvgIpc) is 3.13. The molecule has 0 unspecified atom stereocenters. The molecule has 0 saturated heterocycles. The first-order valence-electron chi connectivity index (χ1n) is 7.94. The minimum absolute atomic E-state index is 0.574. The Kier molecular flexibility index (Phi) is 3.95. The first-order chi connectivity index (χ1) is 11.3. The molecule has 2 heterocycles. The Bertz CT molecular complexity index is 790. The second-order valence-electron chi connectivity index (χ2n) is 6.00. The molecule has 5 heteroatoms. The Morgan fingerprint density at radius 2 is 2.04 bits per heavy atom. The molecule has 118 valence electrons. The Labute approximate surface area is 139 Å². The molecule has 4 nitrogen and oxygen atoms in total. The van der Waals surface area contributed by atoms with Gasteiger partial charge in [0, 0.05) is 11.7 Å². The molecule has 1 aromatic carbocycles. The minimum Gasteiger partial charge on any atom is -0.467 e. The lowest BCUT2D eigenvalue weighted by atomic mass is 10.1. The van der Waals surface area contributed by atoms with Crippen molar-refractivity contribution in [2.75, 3.05) is 0 Å². The van der Waals surface area contributed by atoms with Gasteiger partial charge in [0.1, 0.15) is 11.6 Å². The van der Waals surface area contributed by atoms with Crippen LogP contribution in [0.4, 0.5) is 0 Å². The zero-order valence-electron chi connectivity index (χ0n) is 13.1. The Hall–Kier alpha value is -2.01. The molecule has 0 atom stereocenters. The quantitative estimate of drug-likeness (QED) is 0.630. The van der Waals surface area contributed by atoms with Crippen LogP contribution in [0.3, 0.4) is 0 Å². The van der Waals surface area contributed by atoms with Crippen molar-refractivity contribution in [3.05, 3.63) is 65.4 Å². The van der Waals surface area contributed by atoms with Crippen molar-refractivity contribution in [3.8, 4) is 0 Å². The third kappa shape index (κ3) is 3.20. The summed E-state index contributed by atoms with van der Waals surface area (Å²) in [6, 6.07) is 12.4. The lowest BCUT2D eigenvalue weighted by molar-refractivity contribution is 0.478. The van der Waals surface area contributed by atoms with Gasteiger partial charge in [0.15, 0.2) is 5.16 Å². The summed E-state index contributed by atoms with van der Waals surface area (Å²) in [6.07, 6.45) is 4.16. The van der Waals surface area contributed by atoms with Crippen molar-refractivity contribution in [3.63, 3.8) is 0 Å². The largest absolute Gasteiger partial charge is 0.467 e. The maximum Gasteiger partial charge on any atom is 0.191 e. The molecule has 0 N–H and O–H groups in total. The second kappa shape index (κ2) is 6.24. The number of nitrogens with zero attached hydrogens (tertiary/aromatic N) is 3. The van der Waals surface area contributed by atoms with Crippen LogP contribution in [0, 0.1) is 6.92 Å². The van der Waals surface area contributed by atoms with E-state index in [1.54, 1.807) is 18.0 Å². The van der Waals surface area contributed by atoms with Gasteiger partial charge in [-0.15, -0.1) is 10.2 Å². The van der Waals surface area contributed by atoms with Gasteiger partial charge in [-0.2, -0.15) is 0 Å². The molecule has 2 aromatic heterocycles. The predicted molar refractivity (Wildman–Crippen MR) is 90.5 cm³/mol. The van der Waals surface area contributed by atoms with Gasteiger partial charge in [-0.1, -0.05) is 36.0 Å². The van der Waals surface area contributed by atoms with E-state index in [0.717, 1.165) is 22.5 Å². The number of benzene rings is 1. The van der Waals surface area contributed by atoms with Crippen molar-refractivity contribution >= 4 is 11.8 Å². The molecular formula is C18H19N3OS. The average molecular weight is 325 g/mol. The maximum absolute atomic E-state index is 5.51. The summed E-state index contributed by atoms with van der Waals surface area (Å²) in [7, 11) is 0. The van der Waals surface area contributed by atoms with Crippen LogP contribution in [0.15, 0.2) is 52.2 Å². The van der Waals surface area contributed by atoms with Gasteiger partial charge < -0.3 is 4.42 Å². The van der Waals surface area contributed by atoms with Crippen LogP contribution in [0.1, 0.15) is 41.5 Å². The highest BCUT2D eigenvalue weighted by Gasteiger charge is 2.30. The van der Waals surface area contributed by atoms with E-state index in [0.29, 0.717) is 12.5 Å². The Balaban J connectivity index is 1.57. The van der Waals surface area contributed by atoms with E-state index >= 15 is 0 Å². The summed E-state index contributed by atoms with van der Waals surface area (Å²) in [5.74, 6) is 3.54. The van der Waals surface area contributed by atoms with Gasteiger partial charge in [-0.25, -0.2) is 0 Å². The first kappa shape index (κ1) is 14.6. The predicted octanol–water partition coefficient (Wildman–Crippen LogP) is 4.40. The molecule has 1 aliphatic carbocycles. The van der Waals surface area contributed by atoms with E-state index in [4.69, 9.17) is 4.42 Å². The van der Waals surface area contributed by atoms with E-state index in [2.05, 4.69) is 46.0 Å². The van der Waals surface area contributed by atoms with Gasteiger partial charge in [0.25, 0.3) is 0 Å². The molecule has 0 radical (unpaired) electrons. The molecule has 23 heavy (non-hydrogen) atoms. The zero-order chi connectivity index (χ0) is 15.6. The fourth-order valence-corrected chi connectivity index (χ4v) is 3.69. The highest BCUT2D eigenvalue weighted by atomic mass is 32.2. The molecule has 1 saturated carbocycles. The summed E-state index contributed by atoms with van der Waals surface area (Å²) in [4.78, 5) is 0. The van der Waals surface area contributed by atoms with Gasteiger partial charge in [0.05, 0.1) is 12.8 Å². The van der Waals surface area contributed by atoms with Crippen LogP contribution in [0.25, 0.3) is 0 Å². The minimum atomic E-state index is 0.574. The van der Waals surface area contributed by atoms with E-state index in [1.165, 1.54) is 24.0 Å². The number of hydrogen-bond donors (Lipinski definition) is 0. The molecule has 1 fully saturated rings. The molecule has 1 aliphatic rings. The second-order valence-corrected chi connectivity index (χ2v) is 6.94. The fourth-order valence-electron chi connectivity index (χ4n) is 2.67. The molecule has 0 spiro atoms. The lowest BCUT2D eigenvalue weighted by Gasteiger charge is -2.09. The number of rotatable bonds is 6. The van der Waals surface area contributed by atoms with Gasteiger partial charge in [0.2, 0.25) is 0 Å². The van der Waals surface area contributed by atoms with Crippen molar-refractivity contribution in [2.24, 2.45) is 0 Å². The van der Waals surface area contributed by atoms with Gasteiger partial charge in [-0.3, -0.25) is 4.57 Å². The number of aryl methyl sites for hydroxylation is 1. The summed E-state index contributed by atoms with van der Waals surface area (Å²) in [5, 5.41) is 9.86. The van der Waals surface area contributed by atoms with E-state index in [1.807, 2.05) is 12.1 Å². The van der Waals surface area contributed by atoms with Crippen molar-refractivity contribution < 1.29 is 4.42 Å². The normalized spacial score (nSPS) is 14.3. The summed E-state index contributed by atoms with van der Waals surface area (Å²) in [6.45, 7) is 2.86. The van der Waals surface area contributed by atoms with Gasteiger partial charge >= 0.3 is 0 Å². The molecule has 0 amide bonds. The first-order valence-corrected chi connectivity index (χ1v) is 8.92. The molecule has 4 rings (SSSR count). The van der Waals surface area contributed by atoms with E-state index < -0.39 is 0 Å². The lowest BCUT2D eigenvalue weighted by Crippen LogP contribution is -2.05.